The molecule has 0 fully saturated rings. The van der Waals surface area contributed by atoms with Crippen LogP contribution in [0.2, 0.25) is 9.95 Å². The van der Waals surface area contributed by atoms with Crippen LogP contribution in [0.4, 0.5) is 0 Å². The van der Waals surface area contributed by atoms with Crippen molar-refractivity contribution in [3.8, 4) is 0 Å². The molecule has 0 atom stereocenters. The molecule has 1 aliphatic carbocycles. The molecule has 1 N–H and O–H groups in total. The van der Waals surface area contributed by atoms with E-state index in [1.165, 1.54) is 14.7 Å². The molecular formula is C9H20Cl2O3SiTi. The fourth-order valence-electron chi connectivity index (χ4n) is 1.78. The van der Waals surface area contributed by atoms with Crippen LogP contribution in [0.25, 0.3) is 0 Å². The first-order valence-corrected chi connectivity index (χ1v) is 13.5. The molecule has 1 aliphatic rings. The van der Waals surface area contributed by atoms with E-state index in [-0.39, 0.29) is 36.1 Å². The fourth-order valence-corrected chi connectivity index (χ4v) is 8.00. The van der Waals surface area contributed by atoms with Gasteiger partial charge in [-0.3, -0.25) is 0 Å². The summed E-state index contributed by atoms with van der Waals surface area (Å²) in [6.07, 6.45) is 6.40. The molecule has 1 rings (SSSR count). The van der Waals surface area contributed by atoms with E-state index < -0.39 is 13.1 Å². The molecule has 0 saturated carbocycles. The molecule has 0 aromatic heterocycles. The van der Waals surface area contributed by atoms with Gasteiger partial charge in [-0.15, -0.1) is 24.8 Å². The third-order valence-electron chi connectivity index (χ3n) is 3.35. The summed E-state index contributed by atoms with van der Waals surface area (Å²) in [6.45, 7) is -0.0979. The summed E-state index contributed by atoms with van der Waals surface area (Å²) in [5, 5.41) is 10.7. The maximum atomic E-state index is 13.1. The molecular weight excluding hydrogens is 303 g/mol. The monoisotopic (exact) mass is 322 g/mol. The molecule has 0 aliphatic heterocycles. The second-order valence-electron chi connectivity index (χ2n) is 4.84. The number of halogens is 2. The first-order valence-electron chi connectivity index (χ1n) is 4.81. The van der Waals surface area contributed by atoms with Crippen LogP contribution >= 0.6 is 24.8 Å². The van der Waals surface area contributed by atoms with E-state index in [0.29, 0.717) is 6.42 Å². The van der Waals surface area contributed by atoms with E-state index in [9.17, 15) is 3.32 Å². The van der Waals surface area contributed by atoms with Crippen molar-refractivity contribution in [1.82, 2.24) is 0 Å². The van der Waals surface area contributed by atoms with Gasteiger partial charge < -0.3 is 0 Å². The van der Waals surface area contributed by atoms with Gasteiger partial charge in [0.1, 0.15) is 0 Å². The zero-order chi connectivity index (χ0) is 10.9. The van der Waals surface area contributed by atoms with Crippen molar-refractivity contribution in [1.29, 1.82) is 0 Å². The molecule has 0 amide bonds. The third kappa shape index (κ3) is 3.36. The maximum Gasteiger partial charge on any atom is -0.147 e. The van der Waals surface area contributed by atoms with E-state index in [0.717, 1.165) is 3.88 Å². The summed E-state index contributed by atoms with van der Waals surface area (Å²) in [4.78, 5) is 0. The summed E-state index contributed by atoms with van der Waals surface area (Å²) < 4.78 is 19.6. The van der Waals surface area contributed by atoms with Crippen LogP contribution in [0.3, 0.4) is 0 Å². The maximum absolute atomic E-state index is 13.1. The molecule has 0 unspecified atom stereocenters. The number of hydrogen-bond donors (Lipinski definition) is 1. The van der Waals surface area contributed by atoms with Gasteiger partial charge >= 0.3 is 84.7 Å². The Morgan fingerprint density at radius 3 is 2.44 bits per heavy atom. The summed E-state index contributed by atoms with van der Waals surface area (Å²) in [6, 6.07) is 0. The van der Waals surface area contributed by atoms with Gasteiger partial charge in [0, 0.05) is 0 Å². The van der Waals surface area contributed by atoms with E-state index in [4.69, 9.17) is 8.42 Å². The van der Waals surface area contributed by atoms with Crippen molar-refractivity contribution in [2.75, 3.05) is 13.7 Å². The molecule has 0 aromatic rings. The van der Waals surface area contributed by atoms with Crippen LogP contribution < -0.4 is 0 Å². The number of hydrogen-bond acceptors (Lipinski definition) is 3. The topological polar surface area (TPSA) is 46.5 Å². The summed E-state index contributed by atoms with van der Waals surface area (Å²) in [7, 11) is 2.93. The van der Waals surface area contributed by atoms with Crippen LogP contribution in [-0.4, -0.2) is 26.5 Å². The van der Waals surface area contributed by atoms with Crippen molar-refractivity contribution in [2.45, 2.75) is 16.4 Å². The minimum Gasteiger partial charge on any atom is -0.147 e. The van der Waals surface area contributed by atoms with Crippen LogP contribution in [0.5, 0.6) is 0 Å². The van der Waals surface area contributed by atoms with Crippen molar-refractivity contribution in [3.63, 3.8) is 0 Å². The predicted octanol–water partition coefficient (Wildman–Crippen LogP) is 1.81. The minimum absolute atomic E-state index is 0. The zero-order valence-corrected chi connectivity index (χ0v) is 14.2. The summed E-state index contributed by atoms with van der Waals surface area (Å²) >= 11 is -4.75. The van der Waals surface area contributed by atoms with Crippen LogP contribution in [0.15, 0.2) is 22.1 Å². The average Bonchev–Trinajstić information content (AvgIpc) is 2.57. The SMILES string of the molecule is C[O][Ti]([CH3])(=[O])(=[SiH2])([CH2]CO)[C]1=CC=CC1.Cl.Cl. The predicted molar refractivity (Wildman–Crippen MR) is 70.3 cm³/mol. The number of aliphatic hydroxyl groups excluding tert-OH is 1. The molecule has 0 saturated heterocycles. The van der Waals surface area contributed by atoms with Crippen molar-refractivity contribution < 1.29 is 24.9 Å². The van der Waals surface area contributed by atoms with Crippen LogP contribution in [0.1, 0.15) is 6.42 Å². The van der Waals surface area contributed by atoms with Gasteiger partial charge in [-0.25, -0.2) is 0 Å². The van der Waals surface area contributed by atoms with Gasteiger partial charge in [0.05, 0.1) is 0 Å². The Labute approximate surface area is 109 Å². The molecule has 7 heteroatoms. The largest absolute Gasteiger partial charge is 0.147 e. The molecule has 0 spiro atoms. The van der Waals surface area contributed by atoms with Gasteiger partial charge in [-0.2, -0.15) is 0 Å². The minimum atomic E-state index is -4.75. The molecule has 0 aromatic carbocycles. The van der Waals surface area contributed by atoms with Crippen LogP contribution in [0, 0.1) is 0 Å². The second kappa shape index (κ2) is 5.14. The normalized spacial score (nSPS) is 16.6. The number of rotatable bonds is 4. The third-order valence-corrected chi connectivity index (χ3v) is 16.5. The Morgan fingerprint density at radius 1 is 1.56 bits per heavy atom. The van der Waals surface area contributed by atoms with Gasteiger partial charge in [-0.05, 0) is 0 Å². The number of allylic oxidation sites excluding steroid dienone is 4. The molecule has 3 nitrogen and oxygen atoms in total. The van der Waals surface area contributed by atoms with E-state index in [2.05, 4.69) is 0 Å². The van der Waals surface area contributed by atoms with Crippen molar-refractivity contribution in [3.05, 3.63) is 22.1 Å². The Kier molecular flexibility index (Phi) is 6.13. The quantitative estimate of drug-likeness (QED) is 0.803. The zero-order valence-electron chi connectivity index (χ0n) is 9.64. The van der Waals surface area contributed by atoms with Gasteiger partial charge in [0.15, 0.2) is 0 Å². The van der Waals surface area contributed by atoms with Gasteiger partial charge in [0.2, 0.25) is 0 Å². The molecule has 0 heterocycles. The Bertz CT molecular complexity index is 471. The summed E-state index contributed by atoms with van der Waals surface area (Å²) in [5.74, 6) is 0. The Hall–Kier alpha value is 0.711. The first kappa shape index (κ1) is 19.1. The van der Waals surface area contributed by atoms with Crippen molar-refractivity contribution >= 4 is 32.4 Å². The van der Waals surface area contributed by atoms with E-state index >= 15 is 0 Å². The first-order chi connectivity index (χ1) is 6.27. The smallest absolute Gasteiger partial charge is 0.147 e. The fraction of sp³-hybridized carbons (Fsp3) is 0.556. The Balaban J connectivity index is 0. The van der Waals surface area contributed by atoms with Crippen LogP contribution in [-0.2, 0) is 19.8 Å². The molecule has 96 valence electrons. The number of aliphatic hydroxyl groups is 1. The Morgan fingerprint density at radius 2 is 2.12 bits per heavy atom. The standard InChI is InChI=1S/C5H5.C2H5O.CH3O.CH3.2ClH.O.H2Si.Ti/c1-2-4-5-3-1;1-2-3;1-2;;;;;;/h1-3H,4H2;3H,1-2H2;1H3;1H3;2*1H;;1H2;/q;;-1;;;;;;+1. The molecule has 0 bridgehead atoms. The van der Waals surface area contributed by atoms with E-state index in [1.54, 1.807) is 5.23 Å². The average molecular weight is 323 g/mol. The van der Waals surface area contributed by atoms with Gasteiger partial charge in [0.25, 0.3) is 0 Å². The second-order valence-corrected chi connectivity index (χ2v) is 24.9. The van der Waals surface area contributed by atoms with Crippen molar-refractivity contribution in [2.24, 2.45) is 0 Å². The van der Waals surface area contributed by atoms with Gasteiger partial charge in [-0.1, -0.05) is 0 Å². The molecule has 16 heavy (non-hydrogen) atoms. The molecule has 0 radical (unpaired) electrons. The summed E-state index contributed by atoms with van der Waals surface area (Å²) in [5.41, 5.74) is 0. The van der Waals surface area contributed by atoms with E-state index in [1.807, 2.05) is 18.2 Å².